The first-order valence-electron chi connectivity index (χ1n) is 9.34. The van der Waals surface area contributed by atoms with E-state index in [0.717, 1.165) is 6.42 Å². The number of nitrogens with zero attached hydrogens (tertiary/aromatic N) is 1. The van der Waals surface area contributed by atoms with Gasteiger partial charge in [-0.3, -0.25) is 0 Å². The summed E-state index contributed by atoms with van der Waals surface area (Å²) in [5, 5.41) is 14.5. The molecule has 2 aromatic rings. The number of fused-ring (bicyclic) bond motifs is 1. The third kappa shape index (κ3) is 2.71. The quantitative estimate of drug-likeness (QED) is 0.685. The number of hydrogen-bond donors (Lipinski definition) is 0. The summed E-state index contributed by atoms with van der Waals surface area (Å²) < 4.78 is 0. The van der Waals surface area contributed by atoms with Crippen molar-refractivity contribution >= 4 is 0 Å². The molecule has 0 unspecified atom stereocenters. The Morgan fingerprint density at radius 1 is 0.962 bits per heavy atom. The van der Waals surface area contributed by atoms with E-state index in [0.29, 0.717) is 5.92 Å². The van der Waals surface area contributed by atoms with Gasteiger partial charge in [-0.15, -0.1) is 5.06 Å². The lowest BCUT2D eigenvalue weighted by molar-refractivity contribution is -0.262. The van der Waals surface area contributed by atoms with Crippen LogP contribution in [-0.2, 0) is 21.0 Å². The summed E-state index contributed by atoms with van der Waals surface area (Å²) in [6.45, 7) is 8.44. The van der Waals surface area contributed by atoms with E-state index in [9.17, 15) is 5.11 Å². The summed E-state index contributed by atoms with van der Waals surface area (Å²) in [5.41, 5.74) is 3.02. The average Bonchev–Trinajstić information content (AvgIpc) is 3.36. The molecule has 0 saturated heterocycles. The van der Waals surface area contributed by atoms with Gasteiger partial charge in [0.2, 0.25) is 0 Å². The van der Waals surface area contributed by atoms with E-state index in [2.05, 4.69) is 64.1 Å². The van der Waals surface area contributed by atoms with E-state index < -0.39 is 0 Å². The average molecular weight is 348 g/mol. The Hall–Kier alpha value is -2.26. The molecule has 0 bridgehead atoms. The van der Waals surface area contributed by atoms with Crippen molar-refractivity contribution < 1.29 is 9.94 Å². The molecular formula is C23H26NO2. The standard InChI is InChI=1S/C23H26NO2/c1-22(2)19-12-8-9-13-20(19)23(3,4)24(22)26-21(25)15-17-14-18(17)16-10-6-5-7-11-16/h5-13,15,17-18H,14H2,1-4H3/t17-,18-/m0/s1. The summed E-state index contributed by atoms with van der Waals surface area (Å²) in [7, 11) is 0. The summed E-state index contributed by atoms with van der Waals surface area (Å²) >= 11 is 0. The summed E-state index contributed by atoms with van der Waals surface area (Å²) in [5.74, 6) is 0.476. The van der Waals surface area contributed by atoms with Crippen molar-refractivity contribution in [1.82, 2.24) is 5.06 Å². The zero-order valence-electron chi connectivity index (χ0n) is 15.9. The van der Waals surface area contributed by atoms with Crippen LogP contribution < -0.4 is 0 Å². The molecule has 3 heteroatoms. The van der Waals surface area contributed by atoms with Crippen molar-refractivity contribution in [2.24, 2.45) is 5.92 Å². The van der Waals surface area contributed by atoms with Gasteiger partial charge in [-0.05, 0) is 62.6 Å². The van der Waals surface area contributed by atoms with Crippen LogP contribution in [0.25, 0.3) is 0 Å². The van der Waals surface area contributed by atoms with Crippen LogP contribution in [0.15, 0.2) is 66.6 Å². The van der Waals surface area contributed by atoms with Gasteiger partial charge in [-0.25, -0.2) is 5.11 Å². The van der Waals surface area contributed by atoms with Crippen LogP contribution in [0.2, 0.25) is 0 Å². The maximum Gasteiger partial charge on any atom is 0.345 e. The highest BCUT2D eigenvalue weighted by Gasteiger charge is 2.51. The molecule has 2 aromatic carbocycles. The van der Waals surface area contributed by atoms with E-state index >= 15 is 0 Å². The second-order valence-corrected chi connectivity index (χ2v) is 8.45. The molecule has 1 fully saturated rings. The fourth-order valence-corrected chi connectivity index (χ4v) is 4.47. The molecule has 135 valence electrons. The zero-order chi connectivity index (χ0) is 18.5. The monoisotopic (exact) mass is 348 g/mol. The molecule has 2 atom stereocenters. The second kappa shape index (κ2) is 5.88. The molecule has 0 amide bonds. The van der Waals surface area contributed by atoms with Crippen molar-refractivity contribution in [2.75, 3.05) is 0 Å². The summed E-state index contributed by atoms with van der Waals surface area (Å²) in [6, 6.07) is 18.7. The highest BCUT2D eigenvalue weighted by atomic mass is 16.8. The van der Waals surface area contributed by atoms with Crippen molar-refractivity contribution in [2.45, 2.75) is 51.1 Å². The fourth-order valence-electron chi connectivity index (χ4n) is 4.47. The van der Waals surface area contributed by atoms with Gasteiger partial charge in [0.05, 0.1) is 11.1 Å². The minimum Gasteiger partial charge on any atom is -0.363 e. The molecule has 2 aliphatic rings. The van der Waals surface area contributed by atoms with Gasteiger partial charge in [0.1, 0.15) is 0 Å². The molecule has 1 radical (unpaired) electrons. The van der Waals surface area contributed by atoms with Crippen LogP contribution >= 0.6 is 0 Å². The topological polar surface area (TPSA) is 32.4 Å². The lowest BCUT2D eigenvalue weighted by atomic mass is 9.91. The fraction of sp³-hybridized carbons (Fsp3) is 0.391. The van der Waals surface area contributed by atoms with Gasteiger partial charge in [0, 0.05) is 6.08 Å². The molecule has 0 aromatic heterocycles. The molecule has 1 aliphatic carbocycles. The number of benzene rings is 2. The van der Waals surface area contributed by atoms with Crippen molar-refractivity contribution in [1.29, 1.82) is 0 Å². The largest absolute Gasteiger partial charge is 0.363 e. The lowest BCUT2D eigenvalue weighted by Crippen LogP contribution is -2.45. The van der Waals surface area contributed by atoms with E-state index in [1.165, 1.54) is 16.7 Å². The third-order valence-electron chi connectivity index (χ3n) is 5.86. The van der Waals surface area contributed by atoms with E-state index in [-0.39, 0.29) is 22.9 Å². The molecule has 0 spiro atoms. The van der Waals surface area contributed by atoms with Crippen molar-refractivity contribution in [3.8, 4) is 0 Å². The number of hydroxylamine groups is 2. The first kappa shape index (κ1) is 17.2. The predicted octanol–water partition coefficient (Wildman–Crippen LogP) is 5.48. The van der Waals surface area contributed by atoms with Crippen LogP contribution in [0.4, 0.5) is 0 Å². The zero-order valence-corrected chi connectivity index (χ0v) is 15.9. The first-order chi connectivity index (χ1) is 12.3. The number of rotatable bonds is 4. The Morgan fingerprint density at radius 3 is 2.08 bits per heavy atom. The van der Waals surface area contributed by atoms with Gasteiger partial charge in [-0.1, -0.05) is 54.6 Å². The Kier molecular flexibility index (Phi) is 3.89. The van der Waals surface area contributed by atoms with E-state index in [1.54, 1.807) is 6.08 Å². The molecular weight excluding hydrogens is 322 g/mol. The lowest BCUT2D eigenvalue weighted by Gasteiger charge is -2.38. The van der Waals surface area contributed by atoms with Crippen molar-refractivity contribution in [3.63, 3.8) is 0 Å². The maximum absolute atomic E-state index is 12.6. The first-order valence-corrected chi connectivity index (χ1v) is 9.34. The van der Waals surface area contributed by atoms with Gasteiger partial charge in [0.15, 0.2) is 0 Å². The Labute approximate surface area is 155 Å². The van der Waals surface area contributed by atoms with Crippen LogP contribution in [0.3, 0.4) is 0 Å². The second-order valence-electron chi connectivity index (χ2n) is 8.45. The Balaban J connectivity index is 1.53. The molecule has 1 saturated carbocycles. The van der Waals surface area contributed by atoms with Gasteiger partial charge >= 0.3 is 5.95 Å². The molecule has 3 nitrogen and oxygen atoms in total. The molecule has 1 aliphatic heterocycles. The van der Waals surface area contributed by atoms with E-state index in [1.807, 2.05) is 23.3 Å². The predicted molar refractivity (Wildman–Crippen MR) is 101 cm³/mol. The van der Waals surface area contributed by atoms with Crippen LogP contribution in [0, 0.1) is 5.92 Å². The minimum absolute atomic E-state index is 0.248. The van der Waals surface area contributed by atoms with Gasteiger partial charge in [0.25, 0.3) is 0 Å². The third-order valence-corrected chi connectivity index (χ3v) is 5.86. The van der Waals surface area contributed by atoms with Gasteiger partial charge in [-0.2, -0.15) is 0 Å². The molecule has 1 heterocycles. The minimum atomic E-state index is -0.355. The number of allylic oxidation sites excluding steroid dienone is 1. The van der Waals surface area contributed by atoms with Crippen LogP contribution in [0.5, 0.6) is 0 Å². The maximum atomic E-state index is 12.6. The van der Waals surface area contributed by atoms with Crippen LogP contribution in [-0.4, -0.2) is 5.06 Å². The normalized spacial score (nSPS) is 26.4. The van der Waals surface area contributed by atoms with Crippen molar-refractivity contribution in [3.05, 3.63) is 83.3 Å². The van der Waals surface area contributed by atoms with Crippen LogP contribution in [0.1, 0.15) is 56.7 Å². The molecule has 4 rings (SSSR count). The smallest absolute Gasteiger partial charge is 0.345 e. The highest BCUT2D eigenvalue weighted by Crippen LogP contribution is 2.51. The number of hydrogen-bond acceptors (Lipinski definition) is 2. The molecule has 0 N–H and O–H groups in total. The summed E-state index contributed by atoms with van der Waals surface area (Å²) in [4.78, 5) is 5.90. The SMILES string of the molecule is CC1(C)c2ccccc2C(C)(C)N1OC([O])=C[C@@H]1C[C@H]1c1ccccc1. The summed E-state index contributed by atoms with van der Waals surface area (Å²) in [6.07, 6.45) is 2.78. The van der Waals surface area contributed by atoms with E-state index in [4.69, 9.17) is 4.84 Å². The Bertz CT molecular complexity index is 803. The van der Waals surface area contributed by atoms with Gasteiger partial charge < -0.3 is 4.84 Å². The highest BCUT2D eigenvalue weighted by molar-refractivity contribution is 5.42. The Morgan fingerprint density at radius 2 is 1.50 bits per heavy atom. The molecule has 26 heavy (non-hydrogen) atoms.